The van der Waals surface area contributed by atoms with E-state index in [9.17, 15) is 4.39 Å². The van der Waals surface area contributed by atoms with E-state index in [2.05, 4.69) is 45.5 Å². The van der Waals surface area contributed by atoms with Crippen LogP contribution in [0.25, 0.3) is 0 Å². The van der Waals surface area contributed by atoms with Crippen molar-refractivity contribution in [1.82, 2.24) is 0 Å². The lowest BCUT2D eigenvalue weighted by atomic mass is 10.1. The highest BCUT2D eigenvalue weighted by atomic mass is 79.9. The SMILES string of the molecule is Fc1cc(Br)ccc1NCC1Cc2ccccc2S1. The van der Waals surface area contributed by atoms with Gasteiger partial charge in [0.25, 0.3) is 0 Å². The first kappa shape index (κ1) is 13.0. The number of benzene rings is 2. The third-order valence-electron chi connectivity index (χ3n) is 3.17. The lowest BCUT2D eigenvalue weighted by molar-refractivity contribution is 0.629. The normalized spacial score (nSPS) is 17.3. The summed E-state index contributed by atoms with van der Waals surface area (Å²) in [5.74, 6) is -0.213. The smallest absolute Gasteiger partial charge is 0.147 e. The second-order valence-electron chi connectivity index (χ2n) is 4.56. The molecule has 0 saturated heterocycles. The van der Waals surface area contributed by atoms with Crippen molar-refractivity contribution in [1.29, 1.82) is 0 Å². The Labute approximate surface area is 124 Å². The molecule has 0 spiro atoms. The van der Waals surface area contributed by atoms with Gasteiger partial charge in [-0.3, -0.25) is 0 Å². The molecular formula is C15H13BrFNS. The molecule has 1 N–H and O–H groups in total. The Morgan fingerprint density at radius 3 is 2.89 bits per heavy atom. The molecule has 0 radical (unpaired) electrons. The van der Waals surface area contributed by atoms with E-state index in [0.29, 0.717) is 10.9 Å². The molecule has 19 heavy (non-hydrogen) atoms. The molecule has 0 saturated carbocycles. The standard InChI is InChI=1S/C15H13BrFNS/c16-11-5-6-14(13(17)8-11)18-9-12-7-10-3-1-2-4-15(10)19-12/h1-6,8,12,18H,7,9H2. The molecule has 1 unspecified atom stereocenters. The van der Waals surface area contributed by atoms with E-state index in [1.807, 2.05) is 17.8 Å². The zero-order valence-corrected chi connectivity index (χ0v) is 12.6. The van der Waals surface area contributed by atoms with Crippen LogP contribution in [0.5, 0.6) is 0 Å². The highest BCUT2D eigenvalue weighted by molar-refractivity contribution is 9.10. The Hall–Kier alpha value is -1.00. The van der Waals surface area contributed by atoms with Crippen molar-refractivity contribution in [3.63, 3.8) is 0 Å². The zero-order valence-electron chi connectivity index (χ0n) is 10.2. The minimum absolute atomic E-state index is 0.213. The molecule has 0 aliphatic carbocycles. The van der Waals surface area contributed by atoms with E-state index >= 15 is 0 Å². The Kier molecular flexibility index (Phi) is 3.80. The number of fused-ring (bicyclic) bond motifs is 1. The number of hydrogen-bond donors (Lipinski definition) is 1. The maximum absolute atomic E-state index is 13.7. The lowest BCUT2D eigenvalue weighted by Gasteiger charge is -2.12. The Bertz CT molecular complexity index is 577. The molecular weight excluding hydrogens is 325 g/mol. The Balaban J connectivity index is 1.63. The molecule has 0 amide bonds. The first-order valence-corrected chi connectivity index (χ1v) is 7.83. The monoisotopic (exact) mass is 337 g/mol. The molecule has 1 heterocycles. The minimum atomic E-state index is -0.213. The predicted molar refractivity (Wildman–Crippen MR) is 82.4 cm³/mol. The molecule has 4 heteroatoms. The van der Waals surface area contributed by atoms with Crippen LogP contribution >= 0.6 is 27.7 Å². The van der Waals surface area contributed by atoms with Gasteiger partial charge in [-0.2, -0.15) is 0 Å². The van der Waals surface area contributed by atoms with Crippen LogP contribution < -0.4 is 5.32 Å². The second kappa shape index (κ2) is 5.55. The Morgan fingerprint density at radius 1 is 1.26 bits per heavy atom. The lowest BCUT2D eigenvalue weighted by Crippen LogP contribution is -2.16. The summed E-state index contributed by atoms with van der Waals surface area (Å²) in [7, 11) is 0. The average molecular weight is 338 g/mol. The van der Waals surface area contributed by atoms with Crippen LogP contribution in [0, 0.1) is 5.82 Å². The van der Waals surface area contributed by atoms with Gasteiger partial charge in [-0.1, -0.05) is 34.1 Å². The predicted octanol–water partition coefficient (Wildman–Crippen LogP) is 4.72. The summed E-state index contributed by atoms with van der Waals surface area (Å²) >= 11 is 5.13. The van der Waals surface area contributed by atoms with Gasteiger partial charge in [0, 0.05) is 21.2 Å². The van der Waals surface area contributed by atoms with Gasteiger partial charge < -0.3 is 5.32 Å². The van der Waals surface area contributed by atoms with Gasteiger partial charge in [-0.05, 0) is 36.2 Å². The second-order valence-corrected chi connectivity index (χ2v) is 6.81. The van der Waals surface area contributed by atoms with E-state index in [0.717, 1.165) is 17.4 Å². The first-order valence-electron chi connectivity index (χ1n) is 6.16. The van der Waals surface area contributed by atoms with E-state index in [4.69, 9.17) is 0 Å². The number of hydrogen-bond acceptors (Lipinski definition) is 2. The van der Waals surface area contributed by atoms with Crippen LogP contribution in [0.2, 0.25) is 0 Å². The van der Waals surface area contributed by atoms with Crippen molar-refractivity contribution in [2.45, 2.75) is 16.6 Å². The molecule has 2 aromatic carbocycles. The van der Waals surface area contributed by atoms with Gasteiger partial charge in [0.2, 0.25) is 0 Å². The van der Waals surface area contributed by atoms with Gasteiger partial charge in [0.05, 0.1) is 5.69 Å². The zero-order chi connectivity index (χ0) is 13.2. The molecule has 0 bridgehead atoms. The third kappa shape index (κ3) is 2.95. The number of halogens is 2. The van der Waals surface area contributed by atoms with E-state index < -0.39 is 0 Å². The van der Waals surface area contributed by atoms with Crippen LogP contribution in [0.15, 0.2) is 51.8 Å². The highest BCUT2D eigenvalue weighted by Crippen LogP contribution is 2.36. The van der Waals surface area contributed by atoms with E-state index in [1.165, 1.54) is 16.5 Å². The van der Waals surface area contributed by atoms with Crippen molar-refractivity contribution >= 4 is 33.4 Å². The molecule has 2 aromatic rings. The molecule has 1 aliphatic heterocycles. The van der Waals surface area contributed by atoms with Gasteiger partial charge in [0.1, 0.15) is 5.82 Å². The molecule has 98 valence electrons. The molecule has 1 atom stereocenters. The van der Waals surface area contributed by atoms with Crippen molar-refractivity contribution in [3.8, 4) is 0 Å². The highest BCUT2D eigenvalue weighted by Gasteiger charge is 2.21. The van der Waals surface area contributed by atoms with Crippen molar-refractivity contribution in [3.05, 3.63) is 58.3 Å². The summed E-state index contributed by atoms with van der Waals surface area (Å²) in [5.41, 5.74) is 1.97. The summed E-state index contributed by atoms with van der Waals surface area (Å²) in [6.07, 6.45) is 1.05. The number of nitrogens with one attached hydrogen (secondary N) is 1. The van der Waals surface area contributed by atoms with Crippen LogP contribution in [0.1, 0.15) is 5.56 Å². The summed E-state index contributed by atoms with van der Waals surface area (Å²) in [4.78, 5) is 1.35. The van der Waals surface area contributed by atoms with Crippen LogP contribution in [-0.2, 0) is 6.42 Å². The largest absolute Gasteiger partial charge is 0.382 e. The molecule has 0 fully saturated rings. The maximum atomic E-state index is 13.7. The van der Waals surface area contributed by atoms with E-state index in [1.54, 1.807) is 6.07 Å². The molecule has 0 aromatic heterocycles. The van der Waals surface area contributed by atoms with Crippen molar-refractivity contribution in [2.24, 2.45) is 0 Å². The minimum Gasteiger partial charge on any atom is -0.382 e. The summed E-state index contributed by atoms with van der Waals surface area (Å²) in [5, 5.41) is 3.67. The van der Waals surface area contributed by atoms with Crippen molar-refractivity contribution in [2.75, 3.05) is 11.9 Å². The topological polar surface area (TPSA) is 12.0 Å². The quantitative estimate of drug-likeness (QED) is 0.869. The van der Waals surface area contributed by atoms with Gasteiger partial charge >= 0.3 is 0 Å². The van der Waals surface area contributed by atoms with Gasteiger partial charge in [-0.25, -0.2) is 4.39 Å². The van der Waals surface area contributed by atoms with Crippen molar-refractivity contribution < 1.29 is 4.39 Å². The van der Waals surface area contributed by atoms with Gasteiger partial charge in [-0.15, -0.1) is 11.8 Å². The third-order valence-corrected chi connectivity index (χ3v) is 4.98. The number of rotatable bonds is 3. The van der Waals surface area contributed by atoms with Crippen LogP contribution in [0.3, 0.4) is 0 Å². The number of thioether (sulfide) groups is 1. The van der Waals surface area contributed by atoms with Gasteiger partial charge in [0.15, 0.2) is 0 Å². The first-order chi connectivity index (χ1) is 9.22. The fourth-order valence-electron chi connectivity index (χ4n) is 2.22. The van der Waals surface area contributed by atoms with Crippen LogP contribution in [-0.4, -0.2) is 11.8 Å². The Morgan fingerprint density at radius 2 is 2.11 bits per heavy atom. The summed E-state index contributed by atoms with van der Waals surface area (Å²) in [6.45, 7) is 0.776. The fourth-order valence-corrected chi connectivity index (χ4v) is 3.81. The number of anilines is 1. The molecule has 3 rings (SSSR count). The van der Waals surface area contributed by atoms with Crippen LogP contribution in [0.4, 0.5) is 10.1 Å². The average Bonchev–Trinajstić information content (AvgIpc) is 2.80. The summed E-state index contributed by atoms with van der Waals surface area (Å²) in [6, 6.07) is 13.6. The molecule has 1 aliphatic rings. The fraction of sp³-hybridized carbons (Fsp3) is 0.200. The summed E-state index contributed by atoms with van der Waals surface area (Å²) < 4.78 is 14.5. The van der Waals surface area contributed by atoms with E-state index in [-0.39, 0.29) is 5.82 Å². The maximum Gasteiger partial charge on any atom is 0.147 e. The molecule has 1 nitrogen and oxygen atoms in total.